The van der Waals surface area contributed by atoms with Gasteiger partial charge in [-0.05, 0) is 92.1 Å². The van der Waals surface area contributed by atoms with Gasteiger partial charge in [0.1, 0.15) is 18.2 Å². The molecule has 0 saturated carbocycles. The zero-order chi connectivity index (χ0) is 22.7. The highest BCUT2D eigenvalue weighted by atomic mass is 19.1. The molecular formula is C27H24F2N2O. The van der Waals surface area contributed by atoms with Gasteiger partial charge in [0.15, 0.2) is 0 Å². The first kappa shape index (κ1) is 21.5. The second-order valence-electron chi connectivity index (χ2n) is 7.79. The van der Waals surface area contributed by atoms with Crippen LogP contribution in [0.1, 0.15) is 29.3 Å². The smallest absolute Gasteiger partial charge is 0.142 e. The van der Waals surface area contributed by atoms with Gasteiger partial charge < -0.3 is 9.40 Å². The third-order valence-corrected chi connectivity index (χ3v) is 5.36. The van der Waals surface area contributed by atoms with Gasteiger partial charge in [0, 0.05) is 16.9 Å². The lowest BCUT2D eigenvalue weighted by Crippen LogP contribution is -2.03. The third-order valence-electron chi connectivity index (χ3n) is 5.36. The number of oxime groups is 1. The summed E-state index contributed by atoms with van der Waals surface area (Å²) in [6, 6.07) is 23.0. The summed E-state index contributed by atoms with van der Waals surface area (Å²) >= 11 is 0. The molecule has 32 heavy (non-hydrogen) atoms. The zero-order valence-electron chi connectivity index (χ0n) is 18.3. The third kappa shape index (κ3) is 4.62. The van der Waals surface area contributed by atoms with Gasteiger partial charge >= 0.3 is 0 Å². The molecule has 0 aliphatic carbocycles. The Hall–Kier alpha value is -3.73. The van der Waals surface area contributed by atoms with Crippen LogP contribution in [0.25, 0.3) is 16.9 Å². The summed E-state index contributed by atoms with van der Waals surface area (Å²) in [7, 11) is 0. The van der Waals surface area contributed by atoms with Gasteiger partial charge in [-0.2, -0.15) is 0 Å². The van der Waals surface area contributed by atoms with Crippen molar-refractivity contribution in [3.8, 4) is 16.9 Å². The maximum Gasteiger partial charge on any atom is 0.142 e. The number of aromatic nitrogens is 1. The van der Waals surface area contributed by atoms with Crippen LogP contribution >= 0.6 is 0 Å². The monoisotopic (exact) mass is 430 g/mol. The highest BCUT2D eigenvalue weighted by Gasteiger charge is 2.17. The normalized spacial score (nSPS) is 11.6. The number of hydrogen-bond donors (Lipinski definition) is 0. The molecule has 0 bridgehead atoms. The van der Waals surface area contributed by atoms with E-state index in [9.17, 15) is 8.78 Å². The molecule has 0 unspecified atom stereocenters. The number of halogens is 2. The fourth-order valence-corrected chi connectivity index (χ4v) is 3.79. The Bertz CT molecular complexity index is 1270. The fourth-order valence-electron chi connectivity index (χ4n) is 3.79. The molecule has 0 aliphatic rings. The molecule has 162 valence electrons. The van der Waals surface area contributed by atoms with Gasteiger partial charge in [-0.25, -0.2) is 8.78 Å². The Morgan fingerprint density at radius 3 is 2.34 bits per heavy atom. The van der Waals surface area contributed by atoms with Crippen LogP contribution in [0.15, 0.2) is 84.0 Å². The van der Waals surface area contributed by atoms with Crippen molar-refractivity contribution in [1.82, 2.24) is 4.57 Å². The molecular weight excluding hydrogens is 406 g/mol. The van der Waals surface area contributed by atoms with E-state index in [2.05, 4.69) is 15.8 Å². The Balaban J connectivity index is 1.72. The van der Waals surface area contributed by atoms with Crippen LogP contribution in [-0.4, -0.2) is 10.3 Å². The van der Waals surface area contributed by atoms with Crippen LogP contribution in [0.5, 0.6) is 0 Å². The van der Waals surface area contributed by atoms with E-state index in [1.807, 2.05) is 45.0 Å². The van der Waals surface area contributed by atoms with Crippen LogP contribution < -0.4 is 0 Å². The topological polar surface area (TPSA) is 26.5 Å². The summed E-state index contributed by atoms with van der Waals surface area (Å²) in [5, 5.41) is 4.27. The summed E-state index contributed by atoms with van der Waals surface area (Å²) in [5.41, 5.74) is 7.32. The van der Waals surface area contributed by atoms with Crippen molar-refractivity contribution in [2.75, 3.05) is 0 Å². The van der Waals surface area contributed by atoms with Crippen LogP contribution in [0.3, 0.4) is 0 Å². The van der Waals surface area contributed by atoms with E-state index >= 15 is 0 Å². The van der Waals surface area contributed by atoms with Crippen LogP contribution in [-0.2, 0) is 11.4 Å². The second kappa shape index (κ2) is 9.18. The van der Waals surface area contributed by atoms with Crippen molar-refractivity contribution in [3.63, 3.8) is 0 Å². The first-order valence-electron chi connectivity index (χ1n) is 10.4. The lowest BCUT2D eigenvalue weighted by atomic mass is 10.1. The molecule has 0 saturated heterocycles. The lowest BCUT2D eigenvalue weighted by Gasteiger charge is -2.13. The number of hydrogen-bond acceptors (Lipinski definition) is 2. The van der Waals surface area contributed by atoms with Gasteiger partial charge in [-0.3, -0.25) is 0 Å². The van der Waals surface area contributed by atoms with E-state index in [0.717, 1.165) is 33.8 Å². The molecule has 0 radical (unpaired) electrons. The van der Waals surface area contributed by atoms with E-state index in [1.165, 1.54) is 24.3 Å². The molecule has 5 heteroatoms. The zero-order valence-corrected chi connectivity index (χ0v) is 18.3. The lowest BCUT2D eigenvalue weighted by molar-refractivity contribution is 0.130. The van der Waals surface area contributed by atoms with Crippen molar-refractivity contribution in [3.05, 3.63) is 113 Å². The fraction of sp³-hybridized carbons (Fsp3) is 0.148. The molecule has 4 aromatic rings. The molecule has 0 aliphatic heterocycles. The molecule has 1 aromatic heterocycles. The van der Waals surface area contributed by atoms with Crippen molar-refractivity contribution in [2.24, 2.45) is 5.16 Å². The first-order chi connectivity index (χ1) is 15.4. The van der Waals surface area contributed by atoms with Crippen LogP contribution in [0.4, 0.5) is 8.78 Å². The molecule has 1 heterocycles. The van der Waals surface area contributed by atoms with Crippen molar-refractivity contribution >= 4 is 5.71 Å². The second-order valence-corrected chi connectivity index (χ2v) is 7.79. The molecule has 0 N–H and O–H groups in total. The molecule has 0 amide bonds. The Kier molecular flexibility index (Phi) is 6.17. The molecule has 0 atom stereocenters. The number of aryl methyl sites for hydroxylation is 1. The average molecular weight is 430 g/mol. The quantitative estimate of drug-likeness (QED) is 0.239. The molecule has 4 rings (SSSR count). The highest BCUT2D eigenvalue weighted by molar-refractivity contribution is 6.01. The average Bonchev–Trinajstić information content (AvgIpc) is 3.11. The summed E-state index contributed by atoms with van der Waals surface area (Å²) in [6.45, 7) is 6.13. The standard InChI is InChI=1S/C27H24F2N2O/c1-18-6-4-9-25(14-18)31-20(3)26(16-27(31)22-10-12-23(28)13-11-22)19(2)30-32-17-21-7-5-8-24(29)15-21/h4-16H,17H2,1-3H3/b30-19+. The van der Waals surface area contributed by atoms with Gasteiger partial charge in [0.2, 0.25) is 0 Å². The Morgan fingerprint density at radius 1 is 0.875 bits per heavy atom. The molecule has 0 spiro atoms. The van der Waals surface area contributed by atoms with Gasteiger partial charge in [-0.15, -0.1) is 0 Å². The number of rotatable bonds is 6. The van der Waals surface area contributed by atoms with Crippen molar-refractivity contribution < 1.29 is 13.6 Å². The molecule has 3 aromatic carbocycles. The number of nitrogens with zero attached hydrogens (tertiary/aromatic N) is 2. The van der Waals surface area contributed by atoms with Gasteiger partial charge in [-0.1, -0.05) is 29.4 Å². The van der Waals surface area contributed by atoms with Crippen LogP contribution in [0, 0.1) is 25.5 Å². The van der Waals surface area contributed by atoms with E-state index in [0.29, 0.717) is 11.3 Å². The van der Waals surface area contributed by atoms with E-state index in [1.54, 1.807) is 24.3 Å². The summed E-state index contributed by atoms with van der Waals surface area (Å²) < 4.78 is 29.0. The molecule has 0 fully saturated rings. The SMILES string of the molecule is C/C(=N\OCc1cccc(F)c1)c1cc(-c2ccc(F)cc2)n(-c2cccc(C)c2)c1C. The van der Waals surface area contributed by atoms with Crippen molar-refractivity contribution in [1.29, 1.82) is 0 Å². The van der Waals surface area contributed by atoms with Gasteiger partial charge in [0.25, 0.3) is 0 Å². The highest BCUT2D eigenvalue weighted by Crippen LogP contribution is 2.30. The van der Waals surface area contributed by atoms with Crippen molar-refractivity contribution in [2.45, 2.75) is 27.4 Å². The predicted molar refractivity (Wildman–Crippen MR) is 124 cm³/mol. The van der Waals surface area contributed by atoms with E-state index in [-0.39, 0.29) is 18.2 Å². The predicted octanol–water partition coefficient (Wildman–Crippen LogP) is 6.98. The van der Waals surface area contributed by atoms with E-state index in [4.69, 9.17) is 4.84 Å². The number of benzene rings is 3. The minimum absolute atomic E-state index is 0.178. The van der Waals surface area contributed by atoms with Gasteiger partial charge in [0.05, 0.1) is 11.4 Å². The first-order valence-corrected chi connectivity index (χ1v) is 10.4. The minimum atomic E-state index is -0.304. The van der Waals surface area contributed by atoms with Crippen LogP contribution in [0.2, 0.25) is 0 Å². The molecule has 3 nitrogen and oxygen atoms in total. The summed E-state index contributed by atoms with van der Waals surface area (Å²) in [5.74, 6) is -0.579. The largest absolute Gasteiger partial charge is 0.391 e. The Morgan fingerprint density at radius 2 is 1.62 bits per heavy atom. The van der Waals surface area contributed by atoms with E-state index < -0.39 is 0 Å². The summed E-state index contributed by atoms with van der Waals surface area (Å²) in [4.78, 5) is 5.50. The maximum atomic E-state index is 13.5. The Labute approximate surface area is 186 Å². The minimum Gasteiger partial charge on any atom is -0.391 e. The maximum absolute atomic E-state index is 13.5. The summed E-state index contributed by atoms with van der Waals surface area (Å²) in [6.07, 6.45) is 0.